The highest BCUT2D eigenvalue weighted by atomic mass is 79.9. The molecule has 0 aliphatic carbocycles. The highest BCUT2D eigenvalue weighted by Crippen LogP contribution is 2.31. The molecule has 0 saturated heterocycles. The third-order valence-electron chi connectivity index (χ3n) is 4.61. The van der Waals surface area contributed by atoms with Gasteiger partial charge in [-0.3, -0.25) is 4.79 Å². The number of esters is 1. The standard InChI is InChI=1S/C25H21BrF3NO6/c1-33-22-12-16(24(32)35-11-10-34-20-7-3-5-18(26)14-20)8-9-21(22)36-15-23(31)30-19-6-2-4-17(13-19)25(27,28)29/h2-9,12-14H,10-11,15H2,1H3,(H,30,31). The number of ether oxygens (including phenoxy) is 4. The Morgan fingerprint density at radius 2 is 1.69 bits per heavy atom. The molecule has 0 aliphatic heterocycles. The molecule has 0 saturated carbocycles. The minimum atomic E-state index is -4.53. The highest BCUT2D eigenvalue weighted by molar-refractivity contribution is 9.10. The molecule has 0 heterocycles. The summed E-state index contributed by atoms with van der Waals surface area (Å²) in [4.78, 5) is 24.5. The minimum Gasteiger partial charge on any atom is -0.493 e. The molecule has 0 spiro atoms. The van der Waals surface area contributed by atoms with Gasteiger partial charge >= 0.3 is 12.1 Å². The summed E-state index contributed by atoms with van der Waals surface area (Å²) in [6.07, 6.45) is -4.53. The van der Waals surface area contributed by atoms with Crippen LogP contribution in [0, 0.1) is 0 Å². The van der Waals surface area contributed by atoms with E-state index in [0.29, 0.717) is 5.75 Å². The first-order valence-electron chi connectivity index (χ1n) is 10.5. The maximum absolute atomic E-state index is 12.8. The molecule has 0 unspecified atom stereocenters. The van der Waals surface area contributed by atoms with Crippen LogP contribution in [0.2, 0.25) is 0 Å². The predicted molar refractivity (Wildman–Crippen MR) is 128 cm³/mol. The van der Waals surface area contributed by atoms with Crippen molar-refractivity contribution in [3.05, 3.63) is 82.3 Å². The third kappa shape index (κ3) is 7.91. The van der Waals surface area contributed by atoms with Gasteiger partial charge in [-0.05, 0) is 54.6 Å². The summed E-state index contributed by atoms with van der Waals surface area (Å²) in [6.45, 7) is -0.327. The van der Waals surface area contributed by atoms with E-state index >= 15 is 0 Å². The van der Waals surface area contributed by atoms with Crippen molar-refractivity contribution in [3.8, 4) is 17.2 Å². The van der Waals surface area contributed by atoms with E-state index in [4.69, 9.17) is 18.9 Å². The Hall–Kier alpha value is -3.73. The molecule has 0 atom stereocenters. The molecule has 11 heteroatoms. The zero-order chi connectivity index (χ0) is 26.1. The quantitative estimate of drug-likeness (QED) is 0.249. The van der Waals surface area contributed by atoms with Gasteiger partial charge in [0.25, 0.3) is 5.91 Å². The van der Waals surface area contributed by atoms with E-state index in [1.807, 2.05) is 12.1 Å². The molecule has 0 bridgehead atoms. The van der Waals surface area contributed by atoms with Gasteiger partial charge in [-0.25, -0.2) is 4.79 Å². The zero-order valence-corrected chi connectivity index (χ0v) is 20.5. The molecule has 0 fully saturated rings. The number of hydrogen-bond acceptors (Lipinski definition) is 6. The van der Waals surface area contributed by atoms with Crippen molar-refractivity contribution in [2.75, 3.05) is 32.2 Å². The second-order valence-corrected chi connectivity index (χ2v) is 8.14. The molecule has 3 aromatic rings. The van der Waals surface area contributed by atoms with E-state index in [0.717, 1.165) is 16.6 Å². The van der Waals surface area contributed by atoms with Gasteiger partial charge in [-0.1, -0.05) is 28.1 Å². The molecule has 3 aromatic carbocycles. The van der Waals surface area contributed by atoms with Gasteiger partial charge in [0.2, 0.25) is 0 Å². The average Bonchev–Trinajstić information content (AvgIpc) is 2.85. The first-order chi connectivity index (χ1) is 17.2. The van der Waals surface area contributed by atoms with Crippen molar-refractivity contribution >= 4 is 33.5 Å². The predicted octanol–water partition coefficient (Wildman–Crippen LogP) is 5.73. The van der Waals surface area contributed by atoms with E-state index in [-0.39, 0.29) is 36.0 Å². The van der Waals surface area contributed by atoms with E-state index in [9.17, 15) is 22.8 Å². The molecule has 36 heavy (non-hydrogen) atoms. The molecular formula is C25H21BrF3NO6. The van der Waals surface area contributed by atoms with E-state index in [1.165, 1.54) is 37.4 Å². The van der Waals surface area contributed by atoms with Crippen LogP contribution >= 0.6 is 15.9 Å². The van der Waals surface area contributed by atoms with Gasteiger partial charge in [0.05, 0.1) is 18.2 Å². The van der Waals surface area contributed by atoms with Crippen molar-refractivity contribution in [1.82, 2.24) is 0 Å². The Kier molecular flexibility index (Phi) is 9.18. The molecular weight excluding hydrogens is 547 g/mol. The number of halogens is 4. The van der Waals surface area contributed by atoms with Crippen LogP contribution in [0.3, 0.4) is 0 Å². The number of benzene rings is 3. The Morgan fingerprint density at radius 1 is 0.917 bits per heavy atom. The summed E-state index contributed by atoms with van der Waals surface area (Å²) in [6, 6.07) is 15.7. The first kappa shape index (κ1) is 26.9. The second-order valence-electron chi connectivity index (χ2n) is 7.22. The van der Waals surface area contributed by atoms with Crippen LogP contribution in [0.4, 0.5) is 18.9 Å². The van der Waals surface area contributed by atoms with Gasteiger partial charge < -0.3 is 24.3 Å². The number of anilines is 1. The van der Waals surface area contributed by atoms with Crippen LogP contribution in [-0.2, 0) is 15.7 Å². The fourth-order valence-corrected chi connectivity index (χ4v) is 3.34. The molecule has 0 radical (unpaired) electrons. The largest absolute Gasteiger partial charge is 0.493 e. The minimum absolute atomic E-state index is 0.0155. The maximum Gasteiger partial charge on any atom is 0.416 e. The third-order valence-corrected chi connectivity index (χ3v) is 5.11. The molecule has 0 aliphatic rings. The Morgan fingerprint density at radius 3 is 2.42 bits per heavy atom. The molecule has 7 nitrogen and oxygen atoms in total. The monoisotopic (exact) mass is 567 g/mol. The topological polar surface area (TPSA) is 83.1 Å². The van der Waals surface area contributed by atoms with Gasteiger partial charge in [0.15, 0.2) is 18.1 Å². The molecule has 1 N–H and O–H groups in total. The van der Waals surface area contributed by atoms with E-state index in [2.05, 4.69) is 21.2 Å². The van der Waals surface area contributed by atoms with Gasteiger partial charge in [0.1, 0.15) is 19.0 Å². The van der Waals surface area contributed by atoms with Gasteiger partial charge in [0, 0.05) is 10.2 Å². The van der Waals surface area contributed by atoms with E-state index in [1.54, 1.807) is 12.1 Å². The first-order valence-corrected chi connectivity index (χ1v) is 11.3. The number of methoxy groups -OCH3 is 1. The van der Waals surface area contributed by atoms with E-state index < -0.39 is 30.2 Å². The van der Waals surface area contributed by atoms with Gasteiger partial charge in [-0.2, -0.15) is 13.2 Å². The Bertz CT molecular complexity index is 1220. The van der Waals surface area contributed by atoms with Crippen LogP contribution in [-0.4, -0.2) is 38.8 Å². The lowest BCUT2D eigenvalue weighted by molar-refractivity contribution is -0.137. The lowest BCUT2D eigenvalue weighted by Crippen LogP contribution is -2.20. The zero-order valence-electron chi connectivity index (χ0n) is 18.9. The molecule has 0 aromatic heterocycles. The second kappa shape index (κ2) is 12.3. The highest BCUT2D eigenvalue weighted by Gasteiger charge is 2.30. The Balaban J connectivity index is 1.51. The van der Waals surface area contributed by atoms with Crippen LogP contribution in [0.5, 0.6) is 17.2 Å². The number of amides is 1. The number of nitrogens with one attached hydrogen (secondary N) is 1. The van der Waals surface area contributed by atoms with Crippen molar-refractivity contribution in [3.63, 3.8) is 0 Å². The number of carbonyl (C=O) groups excluding carboxylic acids is 2. The lowest BCUT2D eigenvalue weighted by Gasteiger charge is -2.13. The smallest absolute Gasteiger partial charge is 0.416 e. The maximum atomic E-state index is 12.8. The van der Waals surface area contributed by atoms with Crippen molar-refractivity contribution in [2.24, 2.45) is 0 Å². The summed E-state index contributed by atoms with van der Waals surface area (Å²) in [7, 11) is 1.35. The fourth-order valence-electron chi connectivity index (χ4n) is 2.96. The van der Waals surface area contributed by atoms with Crippen molar-refractivity contribution < 1.29 is 41.7 Å². The summed E-state index contributed by atoms with van der Waals surface area (Å²) in [5.74, 6) is -0.334. The molecule has 3 rings (SSSR count). The number of hydrogen-bond donors (Lipinski definition) is 1. The summed E-state index contributed by atoms with van der Waals surface area (Å²) < 4.78 is 60.7. The summed E-state index contributed by atoms with van der Waals surface area (Å²) >= 11 is 3.34. The Labute approximate surface area is 213 Å². The number of alkyl halides is 3. The number of rotatable bonds is 10. The SMILES string of the molecule is COc1cc(C(=O)OCCOc2cccc(Br)c2)ccc1OCC(=O)Nc1cccc(C(F)(F)F)c1. The van der Waals surface area contributed by atoms with Crippen LogP contribution in [0.25, 0.3) is 0 Å². The van der Waals surface area contributed by atoms with Crippen molar-refractivity contribution in [1.29, 1.82) is 0 Å². The van der Waals surface area contributed by atoms with Crippen molar-refractivity contribution in [2.45, 2.75) is 6.18 Å². The normalized spacial score (nSPS) is 10.9. The van der Waals surface area contributed by atoms with Crippen LogP contribution in [0.15, 0.2) is 71.2 Å². The fraction of sp³-hybridized carbons (Fsp3) is 0.200. The lowest BCUT2D eigenvalue weighted by atomic mass is 10.2. The van der Waals surface area contributed by atoms with Gasteiger partial charge in [-0.15, -0.1) is 0 Å². The average molecular weight is 568 g/mol. The van der Waals surface area contributed by atoms with Crippen LogP contribution in [0.1, 0.15) is 15.9 Å². The van der Waals surface area contributed by atoms with Crippen LogP contribution < -0.4 is 19.5 Å². The molecule has 190 valence electrons. The molecule has 1 amide bonds. The summed E-state index contributed by atoms with van der Waals surface area (Å²) in [5.41, 5.74) is -0.715. The number of carbonyl (C=O) groups is 2. The summed E-state index contributed by atoms with van der Waals surface area (Å²) in [5, 5.41) is 2.34.